The second-order valence-corrected chi connectivity index (χ2v) is 4.72. The van der Waals surface area contributed by atoms with E-state index in [0.717, 1.165) is 25.9 Å². The van der Waals surface area contributed by atoms with E-state index < -0.39 is 0 Å². The van der Waals surface area contributed by atoms with Gasteiger partial charge >= 0.3 is 5.97 Å². The Labute approximate surface area is 99.1 Å². The number of carbonyl (C=O) groups excluding carboxylic acids is 1. The van der Waals surface area contributed by atoms with Crippen LogP contribution < -0.4 is 0 Å². The first kappa shape index (κ1) is 13.5. The molecule has 1 aliphatic heterocycles. The summed E-state index contributed by atoms with van der Waals surface area (Å²) in [4.78, 5) is 14.1. The van der Waals surface area contributed by atoms with Gasteiger partial charge in [-0.15, -0.1) is 0 Å². The van der Waals surface area contributed by atoms with Crippen LogP contribution in [0.15, 0.2) is 0 Å². The molecule has 1 unspecified atom stereocenters. The average Bonchev–Trinajstić information content (AvgIpc) is 2.30. The summed E-state index contributed by atoms with van der Waals surface area (Å²) in [6, 6.07) is 0.599. The summed E-state index contributed by atoms with van der Waals surface area (Å²) in [6.07, 6.45) is 4.54. The minimum Gasteiger partial charge on any atom is -0.466 e. The summed E-state index contributed by atoms with van der Waals surface area (Å²) in [5.41, 5.74) is 0. The summed E-state index contributed by atoms with van der Waals surface area (Å²) in [7, 11) is 0. The Morgan fingerprint density at radius 2 is 2.25 bits per heavy atom. The van der Waals surface area contributed by atoms with E-state index >= 15 is 0 Å². The van der Waals surface area contributed by atoms with E-state index in [0.29, 0.717) is 12.6 Å². The number of nitrogens with zero attached hydrogens (tertiary/aromatic N) is 1. The third kappa shape index (κ3) is 3.78. The van der Waals surface area contributed by atoms with Crippen molar-refractivity contribution in [1.82, 2.24) is 4.90 Å². The Morgan fingerprint density at radius 3 is 2.88 bits per heavy atom. The van der Waals surface area contributed by atoms with Gasteiger partial charge in [0.05, 0.1) is 12.5 Å². The number of ether oxygens (including phenoxy) is 1. The molecule has 0 aromatic heterocycles. The molecule has 3 nitrogen and oxygen atoms in total. The highest BCUT2D eigenvalue weighted by Crippen LogP contribution is 2.21. The van der Waals surface area contributed by atoms with Crippen molar-refractivity contribution in [2.45, 2.75) is 52.5 Å². The molecule has 0 amide bonds. The molecule has 2 atom stereocenters. The Balaban J connectivity index is 2.43. The summed E-state index contributed by atoms with van der Waals surface area (Å²) in [5.74, 6) is 0.101. The van der Waals surface area contributed by atoms with Crippen LogP contribution in [0.25, 0.3) is 0 Å². The minimum absolute atomic E-state index is 0.00380. The van der Waals surface area contributed by atoms with Crippen molar-refractivity contribution in [1.29, 1.82) is 0 Å². The van der Waals surface area contributed by atoms with Crippen LogP contribution in [0.3, 0.4) is 0 Å². The number of likely N-dealkylation sites (tertiary alicyclic amines) is 1. The lowest BCUT2D eigenvalue weighted by atomic mass is 9.96. The topological polar surface area (TPSA) is 29.5 Å². The van der Waals surface area contributed by atoms with Gasteiger partial charge in [0.1, 0.15) is 0 Å². The maximum Gasteiger partial charge on any atom is 0.310 e. The number of rotatable bonds is 5. The molecule has 0 radical (unpaired) electrons. The molecule has 3 heteroatoms. The monoisotopic (exact) mass is 227 g/mol. The average molecular weight is 227 g/mol. The van der Waals surface area contributed by atoms with Gasteiger partial charge in [0.25, 0.3) is 0 Å². The largest absolute Gasteiger partial charge is 0.466 e. The van der Waals surface area contributed by atoms with Crippen LogP contribution in [0.4, 0.5) is 0 Å². The lowest BCUT2D eigenvalue weighted by Crippen LogP contribution is -2.43. The fourth-order valence-corrected chi connectivity index (χ4v) is 2.46. The van der Waals surface area contributed by atoms with Crippen LogP contribution in [0.5, 0.6) is 0 Å². The molecule has 0 aliphatic carbocycles. The van der Waals surface area contributed by atoms with Crippen LogP contribution in [0.2, 0.25) is 0 Å². The molecule has 0 saturated carbocycles. The van der Waals surface area contributed by atoms with Gasteiger partial charge in [0.15, 0.2) is 0 Å². The van der Waals surface area contributed by atoms with E-state index in [-0.39, 0.29) is 11.9 Å². The predicted molar refractivity (Wildman–Crippen MR) is 65.3 cm³/mol. The molecular formula is C13H25NO2. The van der Waals surface area contributed by atoms with Crippen molar-refractivity contribution >= 4 is 5.97 Å². The summed E-state index contributed by atoms with van der Waals surface area (Å²) in [6.45, 7) is 8.87. The van der Waals surface area contributed by atoms with Crippen LogP contribution in [-0.2, 0) is 9.53 Å². The Hall–Kier alpha value is -0.570. The van der Waals surface area contributed by atoms with Crippen LogP contribution in [-0.4, -0.2) is 36.6 Å². The molecule has 0 aromatic carbocycles. The van der Waals surface area contributed by atoms with Crippen LogP contribution in [0, 0.1) is 5.92 Å². The Bertz CT molecular complexity index is 218. The maximum atomic E-state index is 11.7. The standard InChI is InChI=1S/C13H25NO2/c1-4-7-11(3)14-9-6-8-12(10-14)13(15)16-5-2/h11-12H,4-10H2,1-3H3/t11?,12-/m1/s1. The minimum atomic E-state index is -0.00380. The smallest absolute Gasteiger partial charge is 0.310 e. The first-order chi connectivity index (χ1) is 7.69. The SMILES string of the molecule is CCCC(C)N1CCC[C@@H](C(=O)OCC)C1. The highest BCUT2D eigenvalue weighted by atomic mass is 16.5. The van der Waals surface area contributed by atoms with E-state index in [2.05, 4.69) is 18.7 Å². The Kier molecular flexibility index (Phi) is 5.81. The fraction of sp³-hybridized carbons (Fsp3) is 0.923. The van der Waals surface area contributed by atoms with Gasteiger partial charge in [0.2, 0.25) is 0 Å². The molecule has 1 aliphatic rings. The first-order valence-corrected chi connectivity index (χ1v) is 6.59. The van der Waals surface area contributed by atoms with Crippen molar-refractivity contribution in [3.05, 3.63) is 0 Å². The van der Waals surface area contributed by atoms with E-state index in [1.807, 2.05) is 6.92 Å². The van der Waals surface area contributed by atoms with Gasteiger partial charge in [-0.2, -0.15) is 0 Å². The molecule has 0 aromatic rings. The van der Waals surface area contributed by atoms with E-state index in [1.54, 1.807) is 0 Å². The normalized spacial score (nSPS) is 24.1. The lowest BCUT2D eigenvalue weighted by molar-refractivity contribution is -0.150. The predicted octanol–water partition coefficient (Wildman–Crippen LogP) is 2.45. The molecule has 0 bridgehead atoms. The highest BCUT2D eigenvalue weighted by Gasteiger charge is 2.28. The molecule has 1 rings (SSSR count). The van der Waals surface area contributed by atoms with Crippen molar-refractivity contribution in [3.8, 4) is 0 Å². The number of hydrogen-bond donors (Lipinski definition) is 0. The molecule has 1 saturated heterocycles. The third-order valence-corrected chi connectivity index (χ3v) is 3.40. The van der Waals surface area contributed by atoms with Gasteiger partial charge in [-0.25, -0.2) is 0 Å². The molecular weight excluding hydrogens is 202 g/mol. The summed E-state index contributed by atoms with van der Waals surface area (Å²) < 4.78 is 5.10. The van der Waals surface area contributed by atoms with Gasteiger partial charge in [-0.3, -0.25) is 9.69 Å². The van der Waals surface area contributed by atoms with Gasteiger partial charge in [-0.1, -0.05) is 13.3 Å². The Morgan fingerprint density at radius 1 is 1.50 bits per heavy atom. The second kappa shape index (κ2) is 6.89. The van der Waals surface area contributed by atoms with Crippen molar-refractivity contribution in [3.63, 3.8) is 0 Å². The lowest BCUT2D eigenvalue weighted by Gasteiger charge is -2.35. The number of hydrogen-bond acceptors (Lipinski definition) is 3. The quantitative estimate of drug-likeness (QED) is 0.676. The molecule has 0 N–H and O–H groups in total. The van der Waals surface area contributed by atoms with Crippen LogP contribution >= 0.6 is 0 Å². The zero-order valence-corrected chi connectivity index (χ0v) is 10.9. The van der Waals surface area contributed by atoms with Gasteiger partial charge in [0, 0.05) is 12.6 Å². The zero-order valence-electron chi connectivity index (χ0n) is 10.9. The van der Waals surface area contributed by atoms with Gasteiger partial charge < -0.3 is 4.74 Å². The molecule has 94 valence electrons. The first-order valence-electron chi connectivity index (χ1n) is 6.59. The van der Waals surface area contributed by atoms with Crippen molar-refractivity contribution < 1.29 is 9.53 Å². The van der Waals surface area contributed by atoms with Crippen LogP contribution in [0.1, 0.15) is 46.5 Å². The zero-order chi connectivity index (χ0) is 12.0. The maximum absolute atomic E-state index is 11.7. The highest BCUT2D eigenvalue weighted by molar-refractivity contribution is 5.72. The van der Waals surface area contributed by atoms with E-state index in [4.69, 9.17) is 4.74 Å². The number of carbonyl (C=O) groups is 1. The number of esters is 1. The van der Waals surface area contributed by atoms with E-state index in [1.165, 1.54) is 12.8 Å². The van der Waals surface area contributed by atoms with Crippen molar-refractivity contribution in [2.24, 2.45) is 5.92 Å². The van der Waals surface area contributed by atoms with Crippen molar-refractivity contribution in [2.75, 3.05) is 19.7 Å². The van der Waals surface area contributed by atoms with Gasteiger partial charge in [-0.05, 0) is 39.7 Å². The molecule has 1 fully saturated rings. The molecule has 1 heterocycles. The fourth-order valence-electron chi connectivity index (χ4n) is 2.46. The third-order valence-electron chi connectivity index (χ3n) is 3.40. The van der Waals surface area contributed by atoms with E-state index in [9.17, 15) is 4.79 Å². The summed E-state index contributed by atoms with van der Waals surface area (Å²) in [5, 5.41) is 0. The summed E-state index contributed by atoms with van der Waals surface area (Å²) >= 11 is 0. The second-order valence-electron chi connectivity index (χ2n) is 4.72. The molecule has 16 heavy (non-hydrogen) atoms. The number of piperidine rings is 1. The molecule has 0 spiro atoms.